The van der Waals surface area contributed by atoms with Crippen molar-refractivity contribution >= 4 is 6.09 Å². The summed E-state index contributed by atoms with van der Waals surface area (Å²) in [5, 5.41) is 0. The molecule has 1 heterocycles. The first-order valence-corrected chi connectivity index (χ1v) is 13.8. The Morgan fingerprint density at radius 2 is 1.45 bits per heavy atom. The van der Waals surface area contributed by atoms with Crippen LogP contribution in [0.1, 0.15) is 121 Å². The molecule has 1 unspecified atom stereocenters. The Kier molecular flexibility index (Phi) is 14.2. The average Bonchev–Trinajstić information content (AvgIpc) is 2.83. The third-order valence-electron chi connectivity index (χ3n) is 6.98. The van der Waals surface area contributed by atoms with E-state index >= 15 is 0 Å². The molecule has 1 aromatic rings. The number of carbonyl (C=O) groups is 1. The van der Waals surface area contributed by atoms with Crippen LogP contribution in [0.15, 0.2) is 24.3 Å². The van der Waals surface area contributed by atoms with Crippen LogP contribution in [-0.4, -0.2) is 43.1 Å². The molecule has 0 bridgehead atoms. The molecule has 0 saturated carbocycles. The van der Waals surface area contributed by atoms with Crippen LogP contribution in [0.4, 0.5) is 4.79 Å². The third kappa shape index (κ3) is 11.4. The van der Waals surface area contributed by atoms with E-state index in [0.717, 1.165) is 0 Å². The summed E-state index contributed by atoms with van der Waals surface area (Å²) in [6.07, 6.45) is 21.5. The monoisotopic (exact) mass is 458 g/mol. The second-order valence-electron chi connectivity index (χ2n) is 10.1. The predicted octanol–water partition coefficient (Wildman–Crippen LogP) is 8.37. The van der Waals surface area contributed by atoms with Crippen molar-refractivity contribution in [3.05, 3.63) is 29.8 Å². The quantitative estimate of drug-likeness (QED) is 0.233. The fraction of sp³-hybridized carbons (Fsp3) is 0.759. The van der Waals surface area contributed by atoms with E-state index in [4.69, 9.17) is 4.74 Å². The summed E-state index contributed by atoms with van der Waals surface area (Å²) in [4.78, 5) is 16.1. The van der Waals surface area contributed by atoms with Gasteiger partial charge in [0.15, 0.2) is 0 Å². The molecule has 4 heteroatoms. The van der Waals surface area contributed by atoms with Crippen molar-refractivity contribution in [1.29, 1.82) is 0 Å². The molecule has 1 amide bonds. The predicted molar refractivity (Wildman–Crippen MR) is 140 cm³/mol. The smallest absolute Gasteiger partial charge is 0.410 e. The lowest BCUT2D eigenvalue weighted by atomic mass is 9.95. The van der Waals surface area contributed by atoms with Gasteiger partial charge in [0.25, 0.3) is 0 Å². The molecule has 1 aromatic carbocycles. The summed E-state index contributed by atoms with van der Waals surface area (Å²) in [5.41, 5.74) is 1.30. The molecule has 2 rings (SSSR count). The van der Waals surface area contributed by atoms with Gasteiger partial charge in [0, 0.05) is 20.1 Å². The Bertz CT molecular complexity index is 640. The summed E-state index contributed by atoms with van der Waals surface area (Å²) in [6, 6.07) is 8.66. The molecule has 1 fully saturated rings. The van der Waals surface area contributed by atoms with Gasteiger partial charge in [0.2, 0.25) is 0 Å². The maximum atomic E-state index is 12.0. The number of likely N-dealkylation sites (tertiary alicyclic amines) is 1. The zero-order valence-corrected chi connectivity index (χ0v) is 21.8. The fourth-order valence-electron chi connectivity index (χ4n) is 4.95. The van der Waals surface area contributed by atoms with Crippen molar-refractivity contribution in [2.75, 3.05) is 27.2 Å². The van der Waals surface area contributed by atoms with Crippen LogP contribution in [0.5, 0.6) is 5.75 Å². The van der Waals surface area contributed by atoms with Gasteiger partial charge < -0.3 is 9.64 Å². The van der Waals surface area contributed by atoms with E-state index in [1.54, 1.807) is 14.1 Å². The minimum atomic E-state index is -0.317. The molecule has 33 heavy (non-hydrogen) atoms. The van der Waals surface area contributed by atoms with Gasteiger partial charge >= 0.3 is 6.09 Å². The van der Waals surface area contributed by atoms with Gasteiger partial charge in [0.1, 0.15) is 5.75 Å². The largest absolute Gasteiger partial charge is 0.414 e. The molecule has 0 radical (unpaired) electrons. The number of nitrogens with zero attached hydrogens (tertiary/aromatic N) is 2. The zero-order valence-electron chi connectivity index (χ0n) is 21.8. The average molecular weight is 459 g/mol. The molecule has 0 N–H and O–H groups in total. The molecule has 0 aromatic heterocycles. The van der Waals surface area contributed by atoms with Crippen molar-refractivity contribution in [2.24, 2.45) is 0 Å². The van der Waals surface area contributed by atoms with E-state index in [2.05, 4.69) is 24.0 Å². The highest BCUT2D eigenvalue weighted by Gasteiger charge is 2.22. The van der Waals surface area contributed by atoms with Crippen LogP contribution in [0.2, 0.25) is 0 Å². The van der Waals surface area contributed by atoms with E-state index in [0.29, 0.717) is 11.8 Å². The SMILES string of the molecule is CCCCCCCCCCCCCCC(c1cccc(OC(=O)N(C)C)c1)N1CCCCC1. The number of carbonyl (C=O) groups excluding carboxylic acids is 1. The third-order valence-corrected chi connectivity index (χ3v) is 6.98. The van der Waals surface area contributed by atoms with Gasteiger partial charge in [-0.05, 0) is 50.0 Å². The van der Waals surface area contributed by atoms with Crippen molar-refractivity contribution in [1.82, 2.24) is 9.80 Å². The Morgan fingerprint density at radius 3 is 2.03 bits per heavy atom. The van der Waals surface area contributed by atoms with Crippen molar-refractivity contribution in [3.8, 4) is 5.75 Å². The Balaban J connectivity index is 1.75. The lowest BCUT2D eigenvalue weighted by Crippen LogP contribution is -2.33. The Labute approximate surface area is 204 Å². The molecule has 1 atom stereocenters. The van der Waals surface area contributed by atoms with E-state index in [1.165, 1.54) is 126 Å². The molecule has 1 saturated heterocycles. The van der Waals surface area contributed by atoms with Gasteiger partial charge in [0.05, 0.1) is 0 Å². The van der Waals surface area contributed by atoms with Gasteiger partial charge in [-0.25, -0.2) is 4.79 Å². The summed E-state index contributed by atoms with van der Waals surface area (Å²) >= 11 is 0. The highest BCUT2D eigenvalue weighted by Crippen LogP contribution is 2.31. The van der Waals surface area contributed by atoms with Crippen molar-refractivity contribution in [3.63, 3.8) is 0 Å². The molecule has 0 spiro atoms. The second kappa shape index (κ2) is 17.0. The number of amides is 1. The second-order valence-corrected chi connectivity index (χ2v) is 10.1. The number of piperidine rings is 1. The topological polar surface area (TPSA) is 32.8 Å². The lowest BCUT2D eigenvalue weighted by Gasteiger charge is -2.35. The summed E-state index contributed by atoms with van der Waals surface area (Å²) in [6.45, 7) is 4.66. The number of rotatable bonds is 16. The molecule has 1 aliphatic heterocycles. The number of unbranched alkanes of at least 4 members (excludes halogenated alkanes) is 11. The first-order valence-electron chi connectivity index (χ1n) is 13.8. The van der Waals surface area contributed by atoms with E-state index in [1.807, 2.05) is 12.1 Å². The zero-order chi connectivity index (χ0) is 23.7. The van der Waals surface area contributed by atoms with Gasteiger partial charge in [-0.2, -0.15) is 0 Å². The minimum Gasteiger partial charge on any atom is -0.410 e. The van der Waals surface area contributed by atoms with Crippen LogP contribution >= 0.6 is 0 Å². The number of ether oxygens (including phenoxy) is 1. The van der Waals surface area contributed by atoms with E-state index in [9.17, 15) is 4.79 Å². The lowest BCUT2D eigenvalue weighted by molar-refractivity contribution is 0.152. The van der Waals surface area contributed by atoms with Crippen LogP contribution in [0, 0.1) is 0 Å². The van der Waals surface area contributed by atoms with Crippen molar-refractivity contribution < 1.29 is 9.53 Å². The Hall–Kier alpha value is -1.55. The Morgan fingerprint density at radius 1 is 0.879 bits per heavy atom. The molecule has 1 aliphatic rings. The van der Waals surface area contributed by atoms with Crippen molar-refractivity contribution in [2.45, 2.75) is 116 Å². The van der Waals surface area contributed by atoms with Gasteiger partial charge in [-0.1, -0.05) is 103 Å². The molecule has 4 nitrogen and oxygen atoms in total. The molecule has 0 aliphatic carbocycles. The van der Waals surface area contributed by atoms with Crippen LogP contribution < -0.4 is 4.74 Å². The number of hydrogen-bond acceptors (Lipinski definition) is 3. The van der Waals surface area contributed by atoms with E-state index < -0.39 is 0 Å². The number of hydrogen-bond donors (Lipinski definition) is 0. The normalized spacial score (nSPS) is 15.4. The van der Waals surface area contributed by atoms with Crippen LogP contribution in [-0.2, 0) is 0 Å². The van der Waals surface area contributed by atoms with Crippen LogP contribution in [0.3, 0.4) is 0 Å². The first kappa shape index (κ1) is 27.7. The summed E-state index contributed by atoms with van der Waals surface area (Å²) in [5.74, 6) is 0.655. The van der Waals surface area contributed by atoms with E-state index in [-0.39, 0.29) is 6.09 Å². The summed E-state index contributed by atoms with van der Waals surface area (Å²) < 4.78 is 5.54. The summed E-state index contributed by atoms with van der Waals surface area (Å²) in [7, 11) is 3.44. The maximum Gasteiger partial charge on any atom is 0.414 e. The highest BCUT2D eigenvalue weighted by atomic mass is 16.6. The number of benzene rings is 1. The molecule has 188 valence electrons. The minimum absolute atomic E-state index is 0.317. The van der Waals surface area contributed by atoms with Gasteiger partial charge in [-0.15, -0.1) is 0 Å². The van der Waals surface area contributed by atoms with Gasteiger partial charge in [-0.3, -0.25) is 4.90 Å². The molecular weight excluding hydrogens is 408 g/mol. The van der Waals surface area contributed by atoms with Crippen LogP contribution in [0.25, 0.3) is 0 Å². The fourth-order valence-corrected chi connectivity index (χ4v) is 4.95. The molecular formula is C29H50N2O2. The first-order chi connectivity index (χ1) is 16.1. The standard InChI is InChI=1S/C29H50N2O2/c1-4-5-6-7-8-9-10-11-12-13-14-16-22-28(31-23-17-15-18-24-31)26-20-19-21-27(25-26)33-29(32)30(2)3/h19-21,25,28H,4-18,22-24H2,1-3H3. The highest BCUT2D eigenvalue weighted by molar-refractivity contribution is 5.70. The maximum absolute atomic E-state index is 12.0.